The number of hydrogen-bond donors (Lipinski definition) is 1. The standard InChI is InChI=1S/C22H25FN6O2/c1-12-8-29-18-14(7-22(9-24-11-25-10-22)20(29)13(2)30-12)6-15-17(21-26-4-5-28(21)3)27-31-19(15)16(18)23/h4-6,9,12-13,20,25H,7-8,10-11H2,1-3H3/t12-,13+,20-,22?/m0/s1. The number of fused-ring (bicyclic) bond motifs is 5. The largest absolute Gasteiger partial charge is 0.372 e. The molecule has 1 unspecified atom stereocenters. The molecular formula is C22H25FN6O2. The maximum Gasteiger partial charge on any atom is 0.205 e. The average Bonchev–Trinajstić information content (AvgIpc) is 3.33. The number of rotatable bonds is 1. The molecule has 0 amide bonds. The molecule has 0 radical (unpaired) electrons. The minimum Gasteiger partial charge on any atom is -0.372 e. The number of aryl methyl sites for hydroxylation is 1. The highest BCUT2D eigenvalue weighted by molar-refractivity contribution is 5.94. The van der Waals surface area contributed by atoms with Crippen molar-refractivity contribution >= 4 is 22.9 Å². The van der Waals surface area contributed by atoms with Gasteiger partial charge in [-0.25, -0.2) is 9.37 Å². The van der Waals surface area contributed by atoms with Crippen molar-refractivity contribution in [1.29, 1.82) is 0 Å². The zero-order valence-electron chi connectivity index (χ0n) is 17.8. The molecule has 1 fully saturated rings. The fourth-order valence-corrected chi connectivity index (χ4v) is 5.79. The maximum absolute atomic E-state index is 16.0. The summed E-state index contributed by atoms with van der Waals surface area (Å²) in [6.45, 7) is 6.10. The van der Waals surface area contributed by atoms with Crippen molar-refractivity contribution in [2.24, 2.45) is 17.5 Å². The van der Waals surface area contributed by atoms with Crippen molar-refractivity contribution < 1.29 is 13.7 Å². The first-order chi connectivity index (χ1) is 15.0. The molecule has 1 spiro atoms. The van der Waals surface area contributed by atoms with E-state index in [4.69, 9.17) is 9.26 Å². The number of benzene rings is 1. The van der Waals surface area contributed by atoms with E-state index in [2.05, 4.69) is 38.5 Å². The van der Waals surface area contributed by atoms with Gasteiger partial charge in [-0.15, -0.1) is 0 Å². The van der Waals surface area contributed by atoms with Gasteiger partial charge < -0.3 is 18.7 Å². The Hall–Kier alpha value is -2.78. The topological polar surface area (TPSA) is 80.7 Å². The summed E-state index contributed by atoms with van der Waals surface area (Å²) >= 11 is 0. The Morgan fingerprint density at radius 3 is 2.94 bits per heavy atom. The van der Waals surface area contributed by atoms with Crippen molar-refractivity contribution in [2.45, 2.75) is 38.5 Å². The number of hydrogen-bond acceptors (Lipinski definition) is 7. The van der Waals surface area contributed by atoms with Crippen LogP contribution in [0.5, 0.6) is 0 Å². The number of aliphatic imine (C=N–C) groups is 1. The lowest BCUT2D eigenvalue weighted by atomic mass is 9.68. The first-order valence-electron chi connectivity index (χ1n) is 10.7. The monoisotopic (exact) mass is 424 g/mol. The van der Waals surface area contributed by atoms with Gasteiger partial charge in [-0.1, -0.05) is 5.16 Å². The van der Waals surface area contributed by atoms with E-state index in [0.29, 0.717) is 42.2 Å². The van der Waals surface area contributed by atoms with Gasteiger partial charge in [0.15, 0.2) is 17.3 Å². The number of morpholine rings is 1. The van der Waals surface area contributed by atoms with Crippen molar-refractivity contribution in [2.75, 3.05) is 24.7 Å². The molecule has 0 saturated carbocycles. The molecule has 3 aromatic rings. The van der Waals surface area contributed by atoms with E-state index in [1.54, 1.807) is 6.20 Å². The molecule has 1 aromatic carbocycles. The van der Waals surface area contributed by atoms with Gasteiger partial charge in [-0.05, 0) is 31.9 Å². The number of aromatic nitrogens is 3. The van der Waals surface area contributed by atoms with Crippen LogP contribution in [0.3, 0.4) is 0 Å². The molecule has 1 saturated heterocycles. The molecule has 1 N–H and O–H groups in total. The van der Waals surface area contributed by atoms with E-state index in [9.17, 15) is 0 Å². The number of halogens is 1. The highest BCUT2D eigenvalue weighted by Crippen LogP contribution is 2.48. The molecule has 0 aliphatic carbocycles. The van der Waals surface area contributed by atoms with Crippen LogP contribution in [0.25, 0.3) is 22.5 Å². The summed E-state index contributed by atoms with van der Waals surface area (Å²) < 4.78 is 29.6. The first-order valence-corrected chi connectivity index (χ1v) is 10.7. The molecule has 5 heterocycles. The number of nitrogens with one attached hydrogen (secondary N) is 1. The Bertz CT molecular complexity index is 1200. The van der Waals surface area contributed by atoms with Gasteiger partial charge >= 0.3 is 0 Å². The number of imidazole rings is 1. The Morgan fingerprint density at radius 2 is 2.19 bits per heavy atom. The zero-order valence-corrected chi connectivity index (χ0v) is 17.8. The molecule has 4 atom stereocenters. The second-order valence-electron chi connectivity index (χ2n) is 9.02. The second-order valence-corrected chi connectivity index (χ2v) is 9.02. The van der Waals surface area contributed by atoms with Crippen LogP contribution in [0.4, 0.5) is 10.1 Å². The lowest BCUT2D eigenvalue weighted by Crippen LogP contribution is -2.67. The summed E-state index contributed by atoms with van der Waals surface area (Å²) in [7, 11) is 1.89. The van der Waals surface area contributed by atoms with Crippen molar-refractivity contribution in [1.82, 2.24) is 20.0 Å². The van der Waals surface area contributed by atoms with Crippen LogP contribution in [-0.4, -0.2) is 58.9 Å². The molecule has 3 aliphatic heterocycles. The molecule has 2 aromatic heterocycles. The molecule has 6 rings (SSSR count). The van der Waals surface area contributed by atoms with Crippen LogP contribution < -0.4 is 10.2 Å². The van der Waals surface area contributed by atoms with E-state index in [-0.39, 0.29) is 35.1 Å². The fourth-order valence-electron chi connectivity index (χ4n) is 5.79. The van der Waals surface area contributed by atoms with Crippen LogP contribution in [0, 0.1) is 11.2 Å². The van der Waals surface area contributed by atoms with E-state index in [0.717, 1.165) is 12.1 Å². The van der Waals surface area contributed by atoms with E-state index >= 15 is 4.39 Å². The van der Waals surface area contributed by atoms with Crippen molar-refractivity contribution in [3.8, 4) is 11.5 Å². The van der Waals surface area contributed by atoms with E-state index < -0.39 is 0 Å². The van der Waals surface area contributed by atoms with Gasteiger partial charge in [0.2, 0.25) is 5.58 Å². The van der Waals surface area contributed by atoms with Crippen molar-refractivity contribution in [3.05, 3.63) is 29.8 Å². The molecule has 162 valence electrons. The minimum atomic E-state index is -0.359. The highest BCUT2D eigenvalue weighted by atomic mass is 19.1. The summed E-state index contributed by atoms with van der Waals surface area (Å²) in [5.41, 5.74) is 2.00. The lowest BCUT2D eigenvalue weighted by molar-refractivity contribution is -0.0522. The molecule has 3 aliphatic rings. The van der Waals surface area contributed by atoms with Gasteiger partial charge in [-0.2, -0.15) is 0 Å². The predicted molar refractivity (Wildman–Crippen MR) is 115 cm³/mol. The predicted octanol–water partition coefficient (Wildman–Crippen LogP) is 2.52. The van der Waals surface area contributed by atoms with Gasteiger partial charge in [-0.3, -0.25) is 10.3 Å². The number of nitrogens with zero attached hydrogens (tertiary/aromatic N) is 5. The Morgan fingerprint density at radius 1 is 1.32 bits per heavy atom. The van der Waals surface area contributed by atoms with Crippen LogP contribution >= 0.6 is 0 Å². The molecule has 0 bridgehead atoms. The Labute approximate surface area is 179 Å². The van der Waals surface area contributed by atoms with Gasteiger partial charge in [0, 0.05) is 44.2 Å². The van der Waals surface area contributed by atoms with E-state index in [1.807, 2.05) is 30.8 Å². The summed E-state index contributed by atoms with van der Waals surface area (Å²) in [5, 5.41) is 8.25. The van der Waals surface area contributed by atoms with Crippen LogP contribution in [-0.2, 0) is 18.2 Å². The Kier molecular flexibility index (Phi) is 4.04. The fraction of sp³-hybridized carbons (Fsp3) is 0.500. The minimum absolute atomic E-state index is 0.00399. The lowest BCUT2D eigenvalue weighted by Gasteiger charge is -2.56. The van der Waals surface area contributed by atoms with Gasteiger partial charge in [0.05, 0.1) is 36.0 Å². The first kappa shape index (κ1) is 18.9. The SMILES string of the molecule is C[C@H]1CN2c3c(cc4c(-c5nccn5C)noc4c3F)CC3(C=NCNC3)[C@@H]2[C@@H](C)O1. The highest BCUT2D eigenvalue weighted by Gasteiger charge is 2.52. The third-order valence-electron chi connectivity index (χ3n) is 6.87. The third-order valence-corrected chi connectivity index (χ3v) is 6.87. The number of ether oxygens (including phenoxy) is 1. The molecule has 9 heteroatoms. The summed E-state index contributed by atoms with van der Waals surface area (Å²) in [6, 6.07) is 2.01. The molecule has 31 heavy (non-hydrogen) atoms. The van der Waals surface area contributed by atoms with Gasteiger partial charge in [0.25, 0.3) is 0 Å². The molecular weight excluding hydrogens is 399 g/mol. The zero-order chi connectivity index (χ0) is 21.3. The number of anilines is 1. The van der Waals surface area contributed by atoms with Crippen LogP contribution in [0.2, 0.25) is 0 Å². The Balaban J connectivity index is 1.59. The third kappa shape index (κ3) is 2.62. The molecule has 8 nitrogen and oxygen atoms in total. The van der Waals surface area contributed by atoms with E-state index in [1.165, 1.54) is 0 Å². The average molecular weight is 424 g/mol. The summed E-state index contributed by atoms with van der Waals surface area (Å²) in [5.74, 6) is 0.290. The smallest absolute Gasteiger partial charge is 0.205 e. The normalized spacial score (nSPS) is 30.1. The van der Waals surface area contributed by atoms with Crippen LogP contribution in [0.15, 0.2) is 28.0 Å². The summed E-state index contributed by atoms with van der Waals surface area (Å²) in [4.78, 5) is 11.1. The quantitative estimate of drug-likeness (QED) is 0.647. The second kappa shape index (κ2) is 6.61. The summed E-state index contributed by atoms with van der Waals surface area (Å²) in [6.07, 6.45) is 6.21. The van der Waals surface area contributed by atoms with Crippen molar-refractivity contribution in [3.63, 3.8) is 0 Å². The maximum atomic E-state index is 16.0. The van der Waals surface area contributed by atoms with Gasteiger partial charge in [0.1, 0.15) is 0 Å². The van der Waals surface area contributed by atoms with Crippen LogP contribution in [0.1, 0.15) is 19.4 Å².